The minimum atomic E-state index is -0.528. The van der Waals surface area contributed by atoms with Crippen molar-refractivity contribution < 1.29 is 19.1 Å². The number of ketones is 1. The number of esters is 1. The molecule has 2 aromatic carbocycles. The lowest BCUT2D eigenvalue weighted by molar-refractivity contribution is -0.156. The van der Waals surface area contributed by atoms with Crippen LogP contribution in [0.1, 0.15) is 67.6 Å². The van der Waals surface area contributed by atoms with E-state index in [1.54, 1.807) is 11.8 Å². The molecule has 0 aromatic heterocycles. The number of nitrogens with zero attached hydrogens (tertiary/aromatic N) is 1. The summed E-state index contributed by atoms with van der Waals surface area (Å²) in [5.74, 6) is -0.655. The molecule has 0 saturated carbocycles. The van der Waals surface area contributed by atoms with Crippen molar-refractivity contribution >= 4 is 23.3 Å². The van der Waals surface area contributed by atoms with E-state index in [9.17, 15) is 14.4 Å². The first-order valence-corrected chi connectivity index (χ1v) is 9.81. The molecule has 0 fully saturated rings. The quantitative estimate of drug-likeness (QED) is 0.705. The van der Waals surface area contributed by atoms with Gasteiger partial charge in [0.05, 0.1) is 12.5 Å². The van der Waals surface area contributed by atoms with Gasteiger partial charge in [0.2, 0.25) is 0 Å². The Morgan fingerprint density at radius 1 is 1.10 bits per heavy atom. The number of anilines is 1. The van der Waals surface area contributed by atoms with Gasteiger partial charge in [-0.2, -0.15) is 0 Å². The van der Waals surface area contributed by atoms with Gasteiger partial charge < -0.3 is 9.64 Å². The average Bonchev–Trinajstić information content (AvgIpc) is 2.96. The van der Waals surface area contributed by atoms with Crippen LogP contribution in [0.4, 0.5) is 5.69 Å². The molecule has 29 heavy (non-hydrogen) atoms. The summed E-state index contributed by atoms with van der Waals surface area (Å²) in [5.41, 5.74) is 3.55. The van der Waals surface area contributed by atoms with Gasteiger partial charge in [-0.3, -0.25) is 14.4 Å². The molecule has 1 amide bonds. The topological polar surface area (TPSA) is 63.7 Å². The standard InChI is InChI=1S/C24H27NO4/c1-15(26)12-17-6-7-19-14-25(22(27)21(19)13-17)20-10-8-18(9-11-20)16(2)23(28)29-24(3,4)5/h6-11,13,16H,12,14H2,1-5H3. The van der Waals surface area contributed by atoms with Gasteiger partial charge in [-0.05, 0) is 69.5 Å². The minimum Gasteiger partial charge on any atom is -0.460 e. The Hall–Kier alpha value is -2.95. The molecule has 1 aliphatic heterocycles. The van der Waals surface area contributed by atoms with E-state index >= 15 is 0 Å². The van der Waals surface area contributed by atoms with Crippen molar-refractivity contribution in [3.8, 4) is 0 Å². The maximum Gasteiger partial charge on any atom is 0.313 e. The highest BCUT2D eigenvalue weighted by Crippen LogP contribution is 2.30. The Kier molecular flexibility index (Phi) is 5.60. The van der Waals surface area contributed by atoms with Crippen molar-refractivity contribution in [1.82, 2.24) is 0 Å². The van der Waals surface area contributed by atoms with E-state index in [1.165, 1.54) is 0 Å². The highest BCUT2D eigenvalue weighted by Gasteiger charge is 2.29. The van der Waals surface area contributed by atoms with E-state index in [-0.39, 0.29) is 23.6 Å². The number of Topliss-reactive ketones (excluding diaryl/α,β-unsaturated/α-hetero) is 1. The van der Waals surface area contributed by atoms with Crippen LogP contribution in [0.5, 0.6) is 0 Å². The number of carbonyl (C=O) groups is 3. The molecular formula is C24H27NO4. The summed E-state index contributed by atoms with van der Waals surface area (Å²) in [6.07, 6.45) is 0.331. The maximum absolute atomic E-state index is 12.9. The summed E-state index contributed by atoms with van der Waals surface area (Å²) in [6.45, 7) is 9.39. The van der Waals surface area contributed by atoms with Crippen molar-refractivity contribution in [2.75, 3.05) is 4.90 Å². The van der Waals surface area contributed by atoms with Gasteiger partial charge in [-0.25, -0.2) is 0 Å². The summed E-state index contributed by atoms with van der Waals surface area (Å²) < 4.78 is 5.45. The first-order valence-electron chi connectivity index (χ1n) is 9.81. The molecule has 152 valence electrons. The minimum absolute atomic E-state index is 0.0710. The molecular weight excluding hydrogens is 366 g/mol. The second kappa shape index (κ2) is 7.82. The lowest BCUT2D eigenvalue weighted by Gasteiger charge is -2.23. The van der Waals surface area contributed by atoms with E-state index in [4.69, 9.17) is 4.74 Å². The number of rotatable bonds is 5. The highest BCUT2D eigenvalue weighted by atomic mass is 16.6. The molecule has 1 heterocycles. The summed E-state index contributed by atoms with van der Waals surface area (Å²) in [5, 5.41) is 0. The molecule has 1 aliphatic rings. The number of carbonyl (C=O) groups excluding carboxylic acids is 3. The molecule has 0 N–H and O–H groups in total. The predicted octanol–water partition coefficient (Wildman–Crippen LogP) is 4.42. The van der Waals surface area contributed by atoms with Gasteiger partial charge in [0.1, 0.15) is 11.4 Å². The molecule has 0 spiro atoms. The summed E-state index contributed by atoms with van der Waals surface area (Å²) in [6, 6.07) is 13.1. The third-order valence-corrected chi connectivity index (χ3v) is 4.90. The zero-order chi connectivity index (χ0) is 21.3. The lowest BCUT2D eigenvalue weighted by Crippen LogP contribution is -2.27. The number of hydrogen-bond acceptors (Lipinski definition) is 4. The van der Waals surface area contributed by atoms with Gasteiger partial charge in [-0.1, -0.05) is 24.3 Å². The first-order chi connectivity index (χ1) is 13.5. The molecule has 1 atom stereocenters. The molecule has 1 unspecified atom stereocenters. The number of ether oxygens (including phenoxy) is 1. The van der Waals surface area contributed by atoms with Gasteiger partial charge in [0, 0.05) is 17.7 Å². The molecule has 0 bridgehead atoms. The predicted molar refractivity (Wildman–Crippen MR) is 112 cm³/mol. The Morgan fingerprint density at radius 2 is 1.76 bits per heavy atom. The fourth-order valence-electron chi connectivity index (χ4n) is 3.42. The van der Waals surface area contributed by atoms with E-state index in [0.717, 1.165) is 22.4 Å². The molecule has 2 aromatic rings. The van der Waals surface area contributed by atoms with Crippen LogP contribution in [0.15, 0.2) is 42.5 Å². The molecule has 0 saturated heterocycles. The number of benzene rings is 2. The van der Waals surface area contributed by atoms with Crippen molar-refractivity contribution in [2.24, 2.45) is 0 Å². The van der Waals surface area contributed by atoms with Crippen LogP contribution in [0.2, 0.25) is 0 Å². The van der Waals surface area contributed by atoms with Gasteiger partial charge in [-0.15, -0.1) is 0 Å². The summed E-state index contributed by atoms with van der Waals surface area (Å²) in [4.78, 5) is 38.3. The monoisotopic (exact) mass is 393 g/mol. The molecule has 0 radical (unpaired) electrons. The van der Waals surface area contributed by atoms with Crippen molar-refractivity contribution in [3.63, 3.8) is 0 Å². The Balaban J connectivity index is 1.76. The Morgan fingerprint density at radius 3 is 2.34 bits per heavy atom. The maximum atomic E-state index is 12.9. The van der Waals surface area contributed by atoms with E-state index in [2.05, 4.69) is 0 Å². The number of fused-ring (bicyclic) bond motifs is 1. The first kappa shape index (κ1) is 20.8. The largest absolute Gasteiger partial charge is 0.460 e. The normalized spacial score (nSPS) is 14.5. The van der Waals surface area contributed by atoms with Crippen LogP contribution >= 0.6 is 0 Å². The van der Waals surface area contributed by atoms with Crippen LogP contribution in [-0.4, -0.2) is 23.3 Å². The van der Waals surface area contributed by atoms with Crippen LogP contribution in [0, 0.1) is 0 Å². The average molecular weight is 393 g/mol. The molecule has 3 rings (SSSR count). The van der Waals surface area contributed by atoms with Gasteiger partial charge in [0.15, 0.2) is 0 Å². The Bertz CT molecular complexity index is 954. The lowest BCUT2D eigenvalue weighted by atomic mass is 10.0. The summed E-state index contributed by atoms with van der Waals surface area (Å²) >= 11 is 0. The van der Waals surface area contributed by atoms with Gasteiger partial charge in [0.25, 0.3) is 5.91 Å². The SMILES string of the molecule is CC(=O)Cc1ccc2c(c1)C(=O)N(c1ccc(C(C)C(=O)OC(C)(C)C)cc1)C2. The van der Waals surface area contributed by atoms with Crippen molar-refractivity contribution in [3.05, 3.63) is 64.7 Å². The zero-order valence-corrected chi connectivity index (χ0v) is 17.6. The van der Waals surface area contributed by atoms with E-state index in [1.807, 2.05) is 70.2 Å². The second-order valence-corrected chi connectivity index (χ2v) is 8.61. The highest BCUT2D eigenvalue weighted by molar-refractivity contribution is 6.10. The van der Waals surface area contributed by atoms with E-state index in [0.29, 0.717) is 18.5 Å². The van der Waals surface area contributed by atoms with Crippen LogP contribution in [0.3, 0.4) is 0 Å². The number of hydrogen-bond donors (Lipinski definition) is 0. The van der Waals surface area contributed by atoms with Crippen molar-refractivity contribution in [1.29, 1.82) is 0 Å². The number of amides is 1. The smallest absolute Gasteiger partial charge is 0.313 e. The fraction of sp³-hybridized carbons (Fsp3) is 0.375. The van der Waals surface area contributed by atoms with E-state index < -0.39 is 5.60 Å². The van der Waals surface area contributed by atoms with Crippen LogP contribution in [0.25, 0.3) is 0 Å². The molecule has 0 aliphatic carbocycles. The van der Waals surface area contributed by atoms with Crippen LogP contribution < -0.4 is 4.90 Å². The summed E-state index contributed by atoms with van der Waals surface area (Å²) in [7, 11) is 0. The third kappa shape index (κ3) is 4.73. The Labute approximate surface area is 171 Å². The zero-order valence-electron chi connectivity index (χ0n) is 17.6. The second-order valence-electron chi connectivity index (χ2n) is 8.61. The molecule has 5 nitrogen and oxygen atoms in total. The van der Waals surface area contributed by atoms with Gasteiger partial charge >= 0.3 is 5.97 Å². The van der Waals surface area contributed by atoms with Crippen LogP contribution in [-0.2, 0) is 27.3 Å². The van der Waals surface area contributed by atoms with Crippen molar-refractivity contribution in [2.45, 2.75) is 59.1 Å². The third-order valence-electron chi connectivity index (χ3n) is 4.90. The molecule has 5 heteroatoms. The fourth-order valence-corrected chi connectivity index (χ4v) is 3.42.